The molecule has 0 saturated heterocycles. The average Bonchev–Trinajstić information content (AvgIpc) is 2.86. The molecular formula is C27H26O7. The Kier molecular flexibility index (Phi) is 8.94. The first kappa shape index (κ1) is 24.7. The number of esters is 3. The largest absolute Gasteiger partial charge is 0.461 e. The van der Waals surface area contributed by atoms with E-state index in [1.54, 1.807) is 72.8 Å². The molecule has 3 aromatic carbocycles. The summed E-state index contributed by atoms with van der Waals surface area (Å²) in [6.07, 6.45) is -1.51. The summed E-state index contributed by atoms with van der Waals surface area (Å²) in [4.78, 5) is 37.6. The molecule has 7 heteroatoms. The fourth-order valence-corrected chi connectivity index (χ4v) is 3.12. The molecule has 0 aromatic heterocycles. The molecule has 0 atom stereocenters. The van der Waals surface area contributed by atoms with Gasteiger partial charge < -0.3 is 19.3 Å². The number of hydrogen-bond acceptors (Lipinski definition) is 7. The molecule has 176 valence electrons. The molecule has 0 bridgehead atoms. The number of benzene rings is 3. The van der Waals surface area contributed by atoms with E-state index in [4.69, 9.17) is 14.2 Å². The van der Waals surface area contributed by atoms with Gasteiger partial charge in [0.1, 0.15) is 19.8 Å². The highest BCUT2D eigenvalue weighted by Crippen LogP contribution is 2.21. The third-order valence-corrected chi connectivity index (χ3v) is 4.95. The van der Waals surface area contributed by atoms with E-state index in [0.717, 1.165) is 11.1 Å². The molecule has 0 aliphatic rings. The van der Waals surface area contributed by atoms with Crippen LogP contribution < -0.4 is 0 Å². The zero-order valence-electron chi connectivity index (χ0n) is 18.6. The van der Waals surface area contributed by atoms with Crippen molar-refractivity contribution >= 4 is 17.9 Å². The molecule has 0 aliphatic carbocycles. The van der Waals surface area contributed by atoms with Gasteiger partial charge in [-0.1, -0.05) is 91.0 Å². The molecule has 0 fully saturated rings. The SMILES string of the molecule is O=C(CC(O)(CC(=O)OCc1ccccc1)C(=O)OCc1ccccc1)OCc1ccccc1. The van der Waals surface area contributed by atoms with Crippen LogP contribution in [0.25, 0.3) is 0 Å². The van der Waals surface area contributed by atoms with Crippen molar-refractivity contribution in [2.24, 2.45) is 0 Å². The first-order valence-electron chi connectivity index (χ1n) is 10.8. The Balaban J connectivity index is 1.63. The minimum atomic E-state index is -2.43. The molecule has 0 spiro atoms. The van der Waals surface area contributed by atoms with Gasteiger partial charge in [0.05, 0.1) is 12.8 Å². The minimum absolute atomic E-state index is 0.0345. The Bertz CT molecular complexity index is 1010. The van der Waals surface area contributed by atoms with Crippen molar-refractivity contribution in [3.05, 3.63) is 108 Å². The fourth-order valence-electron chi connectivity index (χ4n) is 3.12. The Morgan fingerprint density at radius 1 is 0.559 bits per heavy atom. The molecule has 0 amide bonds. The molecule has 34 heavy (non-hydrogen) atoms. The van der Waals surface area contributed by atoms with Gasteiger partial charge in [0, 0.05) is 0 Å². The summed E-state index contributed by atoms with van der Waals surface area (Å²) < 4.78 is 15.6. The number of carbonyl (C=O) groups is 3. The summed E-state index contributed by atoms with van der Waals surface area (Å²) >= 11 is 0. The first-order valence-corrected chi connectivity index (χ1v) is 10.8. The van der Waals surface area contributed by atoms with Gasteiger partial charge in [-0.15, -0.1) is 0 Å². The number of carbonyl (C=O) groups excluding carboxylic acids is 3. The zero-order valence-corrected chi connectivity index (χ0v) is 18.6. The maximum Gasteiger partial charge on any atom is 0.339 e. The van der Waals surface area contributed by atoms with Crippen LogP contribution in [0, 0.1) is 0 Å². The van der Waals surface area contributed by atoms with E-state index in [0.29, 0.717) is 5.56 Å². The minimum Gasteiger partial charge on any atom is -0.461 e. The van der Waals surface area contributed by atoms with Crippen LogP contribution in [0.2, 0.25) is 0 Å². The Morgan fingerprint density at radius 3 is 1.24 bits per heavy atom. The van der Waals surface area contributed by atoms with E-state index in [9.17, 15) is 19.5 Å². The van der Waals surface area contributed by atoms with Gasteiger partial charge in [0.2, 0.25) is 0 Å². The molecule has 0 heterocycles. The van der Waals surface area contributed by atoms with Crippen LogP contribution in [0.15, 0.2) is 91.0 Å². The van der Waals surface area contributed by atoms with Gasteiger partial charge in [0.25, 0.3) is 0 Å². The molecule has 7 nitrogen and oxygen atoms in total. The zero-order chi connectivity index (χ0) is 24.2. The van der Waals surface area contributed by atoms with Crippen molar-refractivity contribution in [1.82, 2.24) is 0 Å². The molecule has 0 unspecified atom stereocenters. The summed E-state index contributed by atoms with van der Waals surface area (Å²) in [6, 6.07) is 26.8. The number of hydrogen-bond donors (Lipinski definition) is 1. The summed E-state index contributed by atoms with van der Waals surface area (Å²) in [5.74, 6) is -2.80. The molecule has 3 aromatic rings. The molecule has 3 rings (SSSR count). The first-order chi connectivity index (χ1) is 16.4. The van der Waals surface area contributed by atoms with E-state index in [2.05, 4.69) is 0 Å². The second-order valence-electron chi connectivity index (χ2n) is 7.74. The van der Waals surface area contributed by atoms with Gasteiger partial charge in [-0.05, 0) is 16.7 Å². The van der Waals surface area contributed by atoms with E-state index in [1.165, 1.54) is 0 Å². The molecule has 1 N–H and O–H groups in total. The average molecular weight is 462 g/mol. The number of rotatable bonds is 11. The van der Waals surface area contributed by atoms with Crippen molar-refractivity contribution in [1.29, 1.82) is 0 Å². The topological polar surface area (TPSA) is 99.1 Å². The van der Waals surface area contributed by atoms with E-state index in [1.807, 2.05) is 18.2 Å². The van der Waals surface area contributed by atoms with Crippen molar-refractivity contribution in [3.8, 4) is 0 Å². The standard InChI is InChI=1S/C27H26O7/c28-24(32-18-21-10-4-1-5-11-21)16-27(31,26(30)34-20-23-14-8-3-9-15-23)17-25(29)33-19-22-12-6-2-7-13-22/h1-15,31H,16-20H2. The van der Waals surface area contributed by atoms with Gasteiger partial charge in [0.15, 0.2) is 5.60 Å². The highest BCUT2D eigenvalue weighted by molar-refractivity contribution is 5.90. The van der Waals surface area contributed by atoms with Gasteiger partial charge >= 0.3 is 17.9 Å². The van der Waals surface area contributed by atoms with E-state index >= 15 is 0 Å². The number of aliphatic hydroxyl groups is 1. The quantitative estimate of drug-likeness (QED) is 0.342. The maximum atomic E-state index is 12.8. The monoisotopic (exact) mass is 462 g/mol. The Labute approximate surface area is 197 Å². The molecular weight excluding hydrogens is 436 g/mol. The summed E-state index contributed by atoms with van der Waals surface area (Å²) in [7, 11) is 0. The second kappa shape index (κ2) is 12.3. The highest BCUT2D eigenvalue weighted by Gasteiger charge is 2.43. The van der Waals surface area contributed by atoms with Crippen molar-refractivity contribution in [2.45, 2.75) is 38.3 Å². The predicted molar refractivity (Wildman–Crippen MR) is 123 cm³/mol. The van der Waals surface area contributed by atoms with Crippen LogP contribution >= 0.6 is 0 Å². The van der Waals surface area contributed by atoms with Crippen LogP contribution in [0.1, 0.15) is 29.5 Å². The lowest BCUT2D eigenvalue weighted by Gasteiger charge is -2.24. The van der Waals surface area contributed by atoms with Crippen LogP contribution in [-0.2, 0) is 48.4 Å². The van der Waals surface area contributed by atoms with Crippen molar-refractivity contribution in [3.63, 3.8) is 0 Å². The predicted octanol–water partition coefficient (Wildman–Crippen LogP) is 3.73. The summed E-state index contributed by atoms with van der Waals surface area (Å²) in [5.41, 5.74) is -0.255. The van der Waals surface area contributed by atoms with Gasteiger partial charge in [-0.3, -0.25) is 9.59 Å². The summed E-state index contributed by atoms with van der Waals surface area (Å²) in [6.45, 7) is -0.194. The van der Waals surface area contributed by atoms with Crippen molar-refractivity contribution < 1.29 is 33.7 Å². The van der Waals surface area contributed by atoms with Gasteiger partial charge in [-0.2, -0.15) is 0 Å². The second-order valence-corrected chi connectivity index (χ2v) is 7.74. The molecule has 0 saturated carbocycles. The highest BCUT2D eigenvalue weighted by atomic mass is 16.6. The normalized spacial score (nSPS) is 10.9. The third kappa shape index (κ3) is 7.86. The third-order valence-electron chi connectivity index (χ3n) is 4.95. The summed E-state index contributed by atoms with van der Waals surface area (Å²) in [5, 5.41) is 11.0. The van der Waals surface area contributed by atoms with Crippen molar-refractivity contribution in [2.75, 3.05) is 0 Å². The lowest BCUT2D eigenvalue weighted by atomic mass is 9.95. The van der Waals surface area contributed by atoms with Crippen LogP contribution in [0.4, 0.5) is 0 Å². The molecule has 0 aliphatic heterocycles. The maximum absolute atomic E-state index is 12.8. The van der Waals surface area contributed by atoms with Crippen LogP contribution in [0.5, 0.6) is 0 Å². The Morgan fingerprint density at radius 2 is 0.882 bits per heavy atom. The number of ether oxygens (including phenoxy) is 3. The lowest BCUT2D eigenvalue weighted by Crippen LogP contribution is -2.44. The van der Waals surface area contributed by atoms with Crippen LogP contribution in [0.3, 0.4) is 0 Å². The smallest absolute Gasteiger partial charge is 0.339 e. The van der Waals surface area contributed by atoms with E-state index < -0.39 is 36.4 Å². The lowest BCUT2D eigenvalue weighted by molar-refractivity contribution is -0.179. The fraction of sp³-hybridized carbons (Fsp3) is 0.222. The van der Waals surface area contributed by atoms with Gasteiger partial charge in [-0.25, -0.2) is 4.79 Å². The van der Waals surface area contributed by atoms with Crippen LogP contribution in [-0.4, -0.2) is 28.6 Å². The van der Waals surface area contributed by atoms with E-state index in [-0.39, 0.29) is 19.8 Å². The Hall–Kier alpha value is -3.97. The molecule has 0 radical (unpaired) electrons.